The molecule has 1 aliphatic heterocycles. The number of anilines is 3. The SMILES string of the molecule is CCCCCCCCOc1cc2c(cc1OCCCCCCCC)C1(c3cc(C)ccc3-c3ccc(-c4ccc5c(c4)CCc4cc(C)ccc4N5c4ccc5cc(OC)ccc5c4)cc31)c1cc(C)c(C)cc1-2. The minimum atomic E-state index is -0.548. The van der Waals surface area contributed by atoms with E-state index in [4.69, 9.17) is 14.2 Å². The van der Waals surface area contributed by atoms with Crippen LogP contribution in [-0.2, 0) is 18.3 Å². The minimum absolute atomic E-state index is 0.548. The zero-order valence-corrected chi connectivity index (χ0v) is 45.2. The predicted octanol–water partition coefficient (Wildman–Crippen LogP) is 19.1. The lowest BCUT2D eigenvalue weighted by Gasteiger charge is -2.32. The molecule has 2 aliphatic carbocycles. The smallest absolute Gasteiger partial charge is 0.161 e. The van der Waals surface area contributed by atoms with E-state index in [1.54, 1.807) is 7.11 Å². The van der Waals surface area contributed by atoms with E-state index in [1.165, 1.54) is 175 Å². The summed E-state index contributed by atoms with van der Waals surface area (Å²) >= 11 is 0. The molecule has 0 radical (unpaired) electrons. The van der Waals surface area contributed by atoms with Crippen LogP contribution in [0.3, 0.4) is 0 Å². The third-order valence-corrected chi connectivity index (χ3v) is 16.7. The van der Waals surface area contributed by atoms with Crippen LogP contribution in [-0.4, -0.2) is 20.3 Å². The normalized spacial score (nSPS) is 14.8. The summed E-state index contributed by atoms with van der Waals surface area (Å²) in [7, 11) is 1.73. The molecule has 1 heterocycles. The van der Waals surface area contributed by atoms with Gasteiger partial charge in [0, 0.05) is 17.1 Å². The van der Waals surface area contributed by atoms with Crippen LogP contribution in [0.4, 0.5) is 17.1 Å². The summed E-state index contributed by atoms with van der Waals surface area (Å²) < 4.78 is 19.4. The average molecular weight is 978 g/mol. The van der Waals surface area contributed by atoms with E-state index in [0.29, 0.717) is 13.2 Å². The number of methoxy groups -OCH3 is 1. The first-order chi connectivity index (χ1) is 36.2. The molecule has 0 aromatic heterocycles. The summed E-state index contributed by atoms with van der Waals surface area (Å²) in [4.78, 5) is 2.50. The van der Waals surface area contributed by atoms with Gasteiger partial charge in [-0.25, -0.2) is 0 Å². The fraction of sp³-hybridized carbons (Fsp3) is 0.343. The van der Waals surface area contributed by atoms with Crippen molar-refractivity contribution in [3.05, 3.63) is 189 Å². The lowest BCUT2D eigenvalue weighted by atomic mass is 9.69. The van der Waals surface area contributed by atoms with Gasteiger partial charge in [-0.05, 0) is 203 Å². The van der Waals surface area contributed by atoms with Crippen LogP contribution in [0.5, 0.6) is 17.2 Å². The van der Waals surface area contributed by atoms with Crippen LogP contribution in [0, 0.1) is 27.7 Å². The summed E-state index contributed by atoms with van der Waals surface area (Å²) in [5.41, 5.74) is 24.0. The van der Waals surface area contributed by atoms with Gasteiger partial charge >= 0.3 is 0 Å². The molecule has 74 heavy (non-hydrogen) atoms. The maximum absolute atomic E-state index is 6.95. The number of rotatable bonds is 19. The molecule has 4 nitrogen and oxygen atoms in total. The van der Waals surface area contributed by atoms with Gasteiger partial charge in [0.05, 0.1) is 25.7 Å². The van der Waals surface area contributed by atoms with Gasteiger partial charge < -0.3 is 19.1 Å². The van der Waals surface area contributed by atoms with Gasteiger partial charge in [0.15, 0.2) is 11.5 Å². The number of unbranched alkanes of at least 4 members (excludes halogenated alkanes) is 10. The number of hydrogen-bond acceptors (Lipinski definition) is 4. The van der Waals surface area contributed by atoms with Crippen LogP contribution in [0.25, 0.3) is 44.2 Å². The van der Waals surface area contributed by atoms with Gasteiger partial charge in [0.1, 0.15) is 5.75 Å². The summed E-state index contributed by atoms with van der Waals surface area (Å²) in [5, 5.41) is 2.36. The molecule has 0 saturated carbocycles. The van der Waals surface area contributed by atoms with Crippen molar-refractivity contribution in [1.82, 2.24) is 0 Å². The van der Waals surface area contributed by atoms with Crippen LogP contribution < -0.4 is 19.1 Å². The van der Waals surface area contributed by atoms with Crippen molar-refractivity contribution in [2.24, 2.45) is 0 Å². The summed E-state index contributed by atoms with van der Waals surface area (Å²) in [6.07, 6.45) is 16.6. The second-order valence-corrected chi connectivity index (χ2v) is 21.8. The highest BCUT2D eigenvalue weighted by Crippen LogP contribution is 2.65. The van der Waals surface area contributed by atoms with Gasteiger partial charge in [0.2, 0.25) is 0 Å². The molecule has 3 aliphatic rings. The van der Waals surface area contributed by atoms with Gasteiger partial charge in [-0.3, -0.25) is 0 Å². The second kappa shape index (κ2) is 21.2. The van der Waals surface area contributed by atoms with Crippen LogP contribution >= 0.6 is 0 Å². The molecule has 0 fully saturated rings. The number of aryl methyl sites for hydroxylation is 6. The summed E-state index contributed by atoms with van der Waals surface area (Å²) in [6.45, 7) is 15.0. The monoisotopic (exact) mass is 978 g/mol. The summed E-state index contributed by atoms with van der Waals surface area (Å²) in [6, 6.07) is 51.6. The van der Waals surface area contributed by atoms with E-state index in [0.717, 1.165) is 48.6 Å². The first kappa shape index (κ1) is 49.4. The van der Waals surface area contributed by atoms with Crippen molar-refractivity contribution in [2.75, 3.05) is 25.2 Å². The molecule has 378 valence electrons. The molecule has 0 amide bonds. The van der Waals surface area contributed by atoms with Crippen molar-refractivity contribution < 1.29 is 14.2 Å². The molecule has 4 heteroatoms. The Balaban J connectivity index is 1.03. The molecule has 1 unspecified atom stereocenters. The minimum Gasteiger partial charge on any atom is -0.497 e. The van der Waals surface area contributed by atoms with Crippen molar-refractivity contribution in [3.8, 4) is 50.6 Å². The third kappa shape index (κ3) is 9.07. The average Bonchev–Trinajstić information content (AvgIpc) is 3.91. The molecular weight excluding hydrogens is 903 g/mol. The highest BCUT2D eigenvalue weighted by Gasteiger charge is 2.52. The maximum Gasteiger partial charge on any atom is 0.161 e. The Kier molecular flexibility index (Phi) is 14.2. The van der Waals surface area contributed by atoms with Crippen molar-refractivity contribution in [3.63, 3.8) is 0 Å². The molecule has 1 atom stereocenters. The van der Waals surface area contributed by atoms with Crippen molar-refractivity contribution >= 4 is 27.8 Å². The Morgan fingerprint density at radius 1 is 0.432 bits per heavy atom. The molecule has 11 rings (SSSR count). The number of ether oxygens (including phenoxy) is 3. The summed E-state index contributed by atoms with van der Waals surface area (Å²) in [5.74, 6) is 2.62. The second-order valence-electron chi connectivity index (χ2n) is 21.8. The fourth-order valence-electron chi connectivity index (χ4n) is 12.6. The Bertz CT molecular complexity index is 3380. The van der Waals surface area contributed by atoms with Gasteiger partial charge in [-0.15, -0.1) is 0 Å². The van der Waals surface area contributed by atoms with Gasteiger partial charge in [0.25, 0.3) is 0 Å². The van der Waals surface area contributed by atoms with E-state index in [-0.39, 0.29) is 0 Å². The first-order valence-electron chi connectivity index (χ1n) is 28.1. The van der Waals surface area contributed by atoms with Gasteiger partial charge in [-0.1, -0.05) is 162 Å². The predicted molar refractivity (Wildman–Crippen MR) is 311 cm³/mol. The highest BCUT2D eigenvalue weighted by molar-refractivity contribution is 5.98. The van der Waals surface area contributed by atoms with E-state index < -0.39 is 5.41 Å². The Hall–Kier alpha value is -6.78. The Labute approximate surface area is 441 Å². The van der Waals surface area contributed by atoms with Crippen LogP contribution in [0.2, 0.25) is 0 Å². The van der Waals surface area contributed by atoms with Crippen LogP contribution in [0.1, 0.15) is 147 Å². The number of fused-ring (bicyclic) bond motifs is 13. The third-order valence-electron chi connectivity index (χ3n) is 16.7. The van der Waals surface area contributed by atoms with E-state index in [2.05, 4.69) is 180 Å². The van der Waals surface area contributed by atoms with E-state index >= 15 is 0 Å². The molecule has 0 N–H and O–H groups in total. The molecule has 8 aromatic carbocycles. The first-order valence-corrected chi connectivity index (χ1v) is 28.1. The molecule has 0 saturated heterocycles. The topological polar surface area (TPSA) is 30.9 Å². The largest absolute Gasteiger partial charge is 0.497 e. The van der Waals surface area contributed by atoms with Gasteiger partial charge in [-0.2, -0.15) is 0 Å². The van der Waals surface area contributed by atoms with Crippen molar-refractivity contribution in [1.29, 1.82) is 0 Å². The quantitative estimate of drug-likeness (QED) is 0.0756. The molecule has 8 aromatic rings. The van der Waals surface area contributed by atoms with E-state index in [1.807, 2.05) is 0 Å². The number of nitrogens with zero attached hydrogens (tertiary/aromatic N) is 1. The molecule has 0 bridgehead atoms. The lowest BCUT2D eigenvalue weighted by molar-refractivity contribution is 0.258. The Morgan fingerprint density at radius 3 is 1.69 bits per heavy atom. The molecule has 1 spiro atoms. The van der Waals surface area contributed by atoms with Crippen LogP contribution in [0.15, 0.2) is 133 Å². The van der Waals surface area contributed by atoms with E-state index in [9.17, 15) is 0 Å². The number of hydrogen-bond donors (Lipinski definition) is 0. The standard InChI is InChI=1S/C70H75NO3/c1-8-10-12-14-16-18-34-73-68-44-61-60-38-48(5)49(6)39-63(60)70(65(61)45-69(68)74-35-19-17-15-13-11-9-2)62-37-47(4)20-30-58(62)59-31-26-53(43-64(59)70)50-27-33-67-55(40-50)23-22-54-36-46(3)21-32-66(54)71(67)56-28-24-52-42-57(72-7)29-25-51(52)41-56/h20-21,24-33,36-45H,8-19,22-23,34-35H2,1-7H3. The highest BCUT2D eigenvalue weighted by atomic mass is 16.5. The lowest BCUT2D eigenvalue weighted by Crippen LogP contribution is -2.26. The van der Waals surface area contributed by atoms with Crippen molar-refractivity contribution in [2.45, 2.75) is 137 Å². The Morgan fingerprint density at radius 2 is 0.959 bits per heavy atom. The zero-order chi connectivity index (χ0) is 50.9. The maximum atomic E-state index is 6.95. The fourth-order valence-corrected chi connectivity index (χ4v) is 12.6. The molecular formula is C70H75NO3. The zero-order valence-electron chi connectivity index (χ0n) is 45.2. The number of benzene rings is 8.